The Balaban J connectivity index is 2.02. The first-order valence-electron chi connectivity index (χ1n) is 5.38. The highest BCUT2D eigenvalue weighted by molar-refractivity contribution is 9.10. The van der Waals surface area contributed by atoms with Gasteiger partial charge < -0.3 is 9.73 Å². The van der Waals surface area contributed by atoms with Crippen LogP contribution in [0.15, 0.2) is 27.3 Å². The molecule has 0 bridgehead atoms. The number of hydrogen-bond acceptors (Lipinski definition) is 2. The summed E-state index contributed by atoms with van der Waals surface area (Å²) in [5, 5.41) is 2.98. The normalized spacial score (nSPS) is 19.8. The lowest BCUT2D eigenvalue weighted by Crippen LogP contribution is -2.35. The first-order chi connectivity index (χ1) is 7.66. The van der Waals surface area contributed by atoms with Crippen molar-refractivity contribution in [3.05, 3.63) is 34.2 Å². The maximum Gasteiger partial charge on any atom is 0.287 e. The molecule has 0 spiro atoms. The van der Waals surface area contributed by atoms with E-state index in [9.17, 15) is 4.79 Å². The fraction of sp³-hybridized carbons (Fsp3) is 0.417. The summed E-state index contributed by atoms with van der Waals surface area (Å²) in [6.45, 7) is 1.87. The predicted octanol–water partition coefficient (Wildman–Crippen LogP) is 3.19. The lowest BCUT2D eigenvalue weighted by Gasteiger charge is -2.18. The Hall–Kier alpha value is -1.03. The highest BCUT2D eigenvalue weighted by Gasteiger charge is 2.19. The van der Waals surface area contributed by atoms with E-state index >= 15 is 0 Å². The Kier molecular flexibility index (Phi) is 3.49. The van der Waals surface area contributed by atoms with Crippen LogP contribution < -0.4 is 5.32 Å². The van der Waals surface area contributed by atoms with Gasteiger partial charge in [0.15, 0.2) is 10.4 Å². The average Bonchev–Trinajstić information content (AvgIpc) is 2.59. The van der Waals surface area contributed by atoms with Gasteiger partial charge in [-0.2, -0.15) is 0 Å². The van der Waals surface area contributed by atoms with Crippen molar-refractivity contribution in [3.8, 4) is 0 Å². The van der Waals surface area contributed by atoms with Crippen LogP contribution in [0.2, 0.25) is 0 Å². The van der Waals surface area contributed by atoms with E-state index in [2.05, 4.69) is 33.4 Å². The number of hydrogen-bond donors (Lipinski definition) is 1. The van der Waals surface area contributed by atoms with Gasteiger partial charge in [0.05, 0.1) is 0 Å². The summed E-state index contributed by atoms with van der Waals surface area (Å²) >= 11 is 3.22. The van der Waals surface area contributed by atoms with Crippen molar-refractivity contribution in [1.29, 1.82) is 0 Å². The summed E-state index contributed by atoms with van der Waals surface area (Å²) in [4.78, 5) is 11.9. The molecule has 1 aromatic rings. The Labute approximate surface area is 103 Å². The zero-order valence-corrected chi connectivity index (χ0v) is 10.7. The lowest BCUT2D eigenvalue weighted by molar-refractivity contribution is 0.0904. The van der Waals surface area contributed by atoms with E-state index < -0.39 is 0 Å². The topological polar surface area (TPSA) is 42.2 Å². The molecular weight excluding hydrogens is 270 g/mol. The summed E-state index contributed by atoms with van der Waals surface area (Å²) in [7, 11) is 0. The molecule has 1 N–H and O–H groups in total. The number of halogens is 1. The second-order valence-electron chi connectivity index (χ2n) is 4.02. The molecule has 0 aromatic carbocycles. The van der Waals surface area contributed by atoms with Crippen molar-refractivity contribution >= 4 is 21.8 Å². The molecule has 0 saturated heterocycles. The number of aryl methyl sites for hydroxylation is 1. The maximum atomic E-state index is 11.9. The molecule has 2 rings (SSSR count). The molecule has 1 atom stereocenters. The van der Waals surface area contributed by atoms with Crippen molar-refractivity contribution in [2.24, 2.45) is 0 Å². The number of rotatable bonds is 2. The molecule has 1 aromatic heterocycles. The summed E-state index contributed by atoms with van der Waals surface area (Å²) in [5.74, 6) is 0.282. The van der Waals surface area contributed by atoms with Gasteiger partial charge in [-0.1, -0.05) is 12.2 Å². The summed E-state index contributed by atoms with van der Waals surface area (Å²) in [6, 6.07) is 2.04. The third-order valence-corrected chi connectivity index (χ3v) is 3.09. The van der Waals surface area contributed by atoms with E-state index in [1.165, 1.54) is 0 Å². The van der Waals surface area contributed by atoms with Gasteiger partial charge in [0.25, 0.3) is 5.91 Å². The molecule has 3 nitrogen and oxygen atoms in total. The Bertz CT molecular complexity index is 423. The number of carbonyl (C=O) groups excluding carboxylic acids is 1. The van der Waals surface area contributed by atoms with Crippen LogP contribution in [0.5, 0.6) is 0 Å². The third-order valence-electron chi connectivity index (χ3n) is 2.70. The van der Waals surface area contributed by atoms with Crippen LogP contribution in [0, 0.1) is 6.92 Å². The van der Waals surface area contributed by atoms with E-state index in [1.54, 1.807) is 6.07 Å². The zero-order chi connectivity index (χ0) is 11.5. The molecule has 1 amide bonds. The average molecular weight is 284 g/mol. The SMILES string of the molecule is Cc1cc(Br)oc1C(=O)NC1CC=CCC1. The maximum absolute atomic E-state index is 11.9. The minimum Gasteiger partial charge on any atom is -0.444 e. The molecule has 86 valence electrons. The summed E-state index contributed by atoms with van der Waals surface area (Å²) in [6.07, 6.45) is 7.21. The first-order valence-corrected chi connectivity index (χ1v) is 6.18. The minimum absolute atomic E-state index is 0.122. The van der Waals surface area contributed by atoms with Crippen molar-refractivity contribution in [2.75, 3.05) is 0 Å². The van der Waals surface area contributed by atoms with Gasteiger partial charge in [-0.05, 0) is 48.2 Å². The number of allylic oxidation sites excluding steroid dienone is 1. The second kappa shape index (κ2) is 4.87. The Morgan fingerprint density at radius 1 is 1.56 bits per heavy atom. The van der Waals surface area contributed by atoms with Crippen LogP contribution in [0.3, 0.4) is 0 Å². The van der Waals surface area contributed by atoms with Gasteiger partial charge in [-0.25, -0.2) is 0 Å². The molecular formula is C12H14BrNO2. The van der Waals surface area contributed by atoms with E-state index in [0.29, 0.717) is 10.4 Å². The first kappa shape index (κ1) is 11.5. The van der Waals surface area contributed by atoms with Crippen molar-refractivity contribution in [3.63, 3.8) is 0 Å². The van der Waals surface area contributed by atoms with Gasteiger partial charge in [-0.3, -0.25) is 4.79 Å². The molecule has 0 fully saturated rings. The number of nitrogens with one attached hydrogen (secondary N) is 1. The molecule has 1 unspecified atom stereocenters. The van der Waals surface area contributed by atoms with Gasteiger partial charge >= 0.3 is 0 Å². The van der Waals surface area contributed by atoms with E-state index in [0.717, 1.165) is 24.8 Å². The second-order valence-corrected chi connectivity index (χ2v) is 4.80. The van der Waals surface area contributed by atoms with Crippen LogP contribution in [0.4, 0.5) is 0 Å². The van der Waals surface area contributed by atoms with E-state index in [-0.39, 0.29) is 11.9 Å². The summed E-state index contributed by atoms with van der Waals surface area (Å²) in [5.41, 5.74) is 0.857. The van der Waals surface area contributed by atoms with E-state index in [4.69, 9.17) is 4.42 Å². The monoisotopic (exact) mass is 283 g/mol. The van der Waals surface area contributed by atoms with Crippen LogP contribution in [-0.4, -0.2) is 11.9 Å². The van der Waals surface area contributed by atoms with E-state index in [1.807, 2.05) is 6.92 Å². The van der Waals surface area contributed by atoms with Gasteiger partial charge in [-0.15, -0.1) is 0 Å². The zero-order valence-electron chi connectivity index (χ0n) is 9.13. The fourth-order valence-corrected chi connectivity index (χ4v) is 2.35. The molecule has 1 aliphatic carbocycles. The van der Waals surface area contributed by atoms with Gasteiger partial charge in [0, 0.05) is 11.6 Å². The Morgan fingerprint density at radius 3 is 2.94 bits per heavy atom. The number of furan rings is 1. The molecule has 1 aliphatic rings. The number of amides is 1. The molecule has 4 heteroatoms. The molecule has 1 heterocycles. The molecule has 16 heavy (non-hydrogen) atoms. The lowest BCUT2D eigenvalue weighted by atomic mass is 10.0. The predicted molar refractivity (Wildman–Crippen MR) is 65.4 cm³/mol. The van der Waals surface area contributed by atoms with Crippen LogP contribution >= 0.6 is 15.9 Å². The highest BCUT2D eigenvalue weighted by Crippen LogP contribution is 2.20. The largest absolute Gasteiger partial charge is 0.444 e. The number of carbonyl (C=O) groups is 1. The van der Waals surface area contributed by atoms with Gasteiger partial charge in [0.2, 0.25) is 0 Å². The quantitative estimate of drug-likeness (QED) is 0.847. The van der Waals surface area contributed by atoms with Crippen LogP contribution in [0.25, 0.3) is 0 Å². The van der Waals surface area contributed by atoms with Crippen molar-refractivity contribution < 1.29 is 9.21 Å². The Morgan fingerprint density at radius 2 is 2.38 bits per heavy atom. The molecule has 0 saturated carbocycles. The third kappa shape index (κ3) is 2.55. The fourth-order valence-electron chi connectivity index (χ4n) is 1.84. The summed E-state index contributed by atoms with van der Waals surface area (Å²) < 4.78 is 5.90. The highest BCUT2D eigenvalue weighted by atomic mass is 79.9. The van der Waals surface area contributed by atoms with Crippen molar-refractivity contribution in [2.45, 2.75) is 32.2 Å². The standard InChI is InChI=1S/C12H14BrNO2/c1-8-7-10(13)16-11(8)12(15)14-9-5-3-2-4-6-9/h2-3,7,9H,4-6H2,1H3,(H,14,15). The van der Waals surface area contributed by atoms with Crippen LogP contribution in [-0.2, 0) is 0 Å². The molecule has 0 aliphatic heterocycles. The van der Waals surface area contributed by atoms with Crippen LogP contribution in [0.1, 0.15) is 35.4 Å². The smallest absolute Gasteiger partial charge is 0.287 e. The molecule has 0 radical (unpaired) electrons. The minimum atomic E-state index is -0.122. The van der Waals surface area contributed by atoms with Crippen molar-refractivity contribution in [1.82, 2.24) is 5.32 Å². The van der Waals surface area contributed by atoms with Gasteiger partial charge in [0.1, 0.15) is 0 Å².